The number of hydrogen-bond donors (Lipinski definition) is 3. The van der Waals surface area contributed by atoms with Crippen molar-refractivity contribution < 1.29 is 28.3 Å². The molecule has 0 unspecified atom stereocenters. The maximum absolute atomic E-state index is 15.5. The van der Waals surface area contributed by atoms with Crippen LogP contribution in [0.2, 0.25) is 0 Å². The topological polar surface area (TPSA) is 150 Å². The summed E-state index contributed by atoms with van der Waals surface area (Å²) in [5.74, 6) is 0.852. The van der Waals surface area contributed by atoms with E-state index in [4.69, 9.17) is 0 Å². The van der Waals surface area contributed by atoms with E-state index in [0.29, 0.717) is 18.3 Å². The van der Waals surface area contributed by atoms with E-state index in [0.717, 1.165) is 69.8 Å². The van der Waals surface area contributed by atoms with Crippen molar-refractivity contribution in [1.82, 2.24) is 9.62 Å². The molecule has 10 atom stereocenters. The molecule has 0 aromatic heterocycles. The Morgan fingerprint density at radius 1 is 0.885 bits per heavy atom. The zero-order valence-corrected chi connectivity index (χ0v) is 39.1. The number of nitrogens with zero attached hydrogens (tertiary/aromatic N) is 2. The predicted molar refractivity (Wildman–Crippen MR) is 240 cm³/mol. The third-order valence-electron chi connectivity index (χ3n) is 17.8. The molecule has 5 aliphatic rings. The van der Waals surface area contributed by atoms with E-state index in [1.165, 1.54) is 34.1 Å². The average molecular weight is 860 g/mol. The molecule has 3 N–H and O–H groups in total. The quantitative estimate of drug-likeness (QED) is 0.109. The molecule has 61 heavy (non-hydrogen) atoms. The molecule has 0 bridgehead atoms. The van der Waals surface area contributed by atoms with Crippen LogP contribution in [0.1, 0.15) is 132 Å². The molecular formula is C50H73N3O7S. The van der Waals surface area contributed by atoms with Gasteiger partial charge in [-0.2, -0.15) is 4.31 Å². The number of nitro benzene ring substituents is 1. The molecule has 0 heterocycles. The minimum atomic E-state index is -4.16. The number of amides is 1. The molecule has 7 rings (SSSR count). The Kier molecular flexibility index (Phi) is 12.1. The van der Waals surface area contributed by atoms with Gasteiger partial charge in [0.1, 0.15) is 0 Å². The number of sulfonamides is 1. The summed E-state index contributed by atoms with van der Waals surface area (Å²) in [6.07, 6.45) is 10.7. The fraction of sp³-hybridized carbons (Fsp3) is 0.700. The van der Waals surface area contributed by atoms with Crippen LogP contribution < -0.4 is 5.32 Å². The zero-order valence-electron chi connectivity index (χ0n) is 38.2. The number of fused-ring (bicyclic) bond motifs is 7. The normalized spacial score (nSPS) is 35.1. The third-order valence-corrected chi connectivity index (χ3v) is 19.6. The van der Waals surface area contributed by atoms with Gasteiger partial charge in [-0.3, -0.25) is 14.9 Å². The largest absolute Gasteiger partial charge is 0.393 e. The summed E-state index contributed by atoms with van der Waals surface area (Å²) in [4.78, 5) is 26.2. The van der Waals surface area contributed by atoms with Crippen molar-refractivity contribution >= 4 is 21.6 Å². The minimum absolute atomic E-state index is 0.0393. The Bertz CT molecular complexity index is 2100. The van der Waals surface area contributed by atoms with Crippen LogP contribution in [0.25, 0.3) is 0 Å². The van der Waals surface area contributed by atoms with E-state index in [2.05, 4.69) is 59.9 Å². The maximum Gasteiger partial charge on any atom is 0.269 e. The van der Waals surface area contributed by atoms with Crippen molar-refractivity contribution in [3.05, 3.63) is 81.9 Å². The van der Waals surface area contributed by atoms with Crippen LogP contribution in [0.3, 0.4) is 0 Å². The monoisotopic (exact) mass is 860 g/mol. The van der Waals surface area contributed by atoms with Crippen LogP contribution in [0.5, 0.6) is 0 Å². The molecule has 11 heteroatoms. The number of carbonyl (C=O) groups excluding carboxylic acids is 1. The summed E-state index contributed by atoms with van der Waals surface area (Å²) in [5.41, 5.74) is 1.50. The molecular weight excluding hydrogens is 787 g/mol. The predicted octanol–water partition coefficient (Wildman–Crippen LogP) is 9.49. The van der Waals surface area contributed by atoms with Crippen molar-refractivity contribution in [3.63, 3.8) is 0 Å². The van der Waals surface area contributed by atoms with Crippen LogP contribution in [0, 0.1) is 66.3 Å². The van der Waals surface area contributed by atoms with Crippen LogP contribution in [-0.2, 0) is 21.2 Å². The second-order valence-electron chi connectivity index (χ2n) is 22.6. The van der Waals surface area contributed by atoms with E-state index in [9.17, 15) is 28.7 Å². The van der Waals surface area contributed by atoms with Gasteiger partial charge in [-0.05, 0) is 139 Å². The lowest BCUT2D eigenvalue weighted by Crippen LogP contribution is -2.66. The van der Waals surface area contributed by atoms with Gasteiger partial charge in [-0.25, -0.2) is 8.42 Å². The molecule has 2 aromatic carbocycles. The molecule has 4 saturated carbocycles. The molecule has 0 aliphatic heterocycles. The Labute approximate surface area is 365 Å². The molecule has 1 amide bonds. The lowest BCUT2D eigenvalue weighted by molar-refractivity contribution is -0.384. The van der Waals surface area contributed by atoms with E-state index < -0.39 is 32.5 Å². The number of allylic oxidation sites excluding steroid dienone is 2. The number of carbonyl (C=O) groups is 1. The van der Waals surface area contributed by atoms with Crippen molar-refractivity contribution in [2.24, 2.45) is 56.2 Å². The first-order valence-corrected chi connectivity index (χ1v) is 24.5. The number of nitro groups is 1. The Morgan fingerprint density at radius 3 is 2.18 bits per heavy atom. The summed E-state index contributed by atoms with van der Waals surface area (Å²) in [7, 11) is -4.16. The second kappa shape index (κ2) is 16.1. The summed E-state index contributed by atoms with van der Waals surface area (Å²) >= 11 is 0. The molecule has 0 saturated heterocycles. The van der Waals surface area contributed by atoms with Crippen molar-refractivity contribution in [2.45, 2.75) is 156 Å². The van der Waals surface area contributed by atoms with Crippen LogP contribution in [-0.4, -0.2) is 65.1 Å². The highest BCUT2D eigenvalue weighted by atomic mass is 32.2. The standard InChI is InChI=1S/C50H73N3O7S/c1-33(2)31-52(61(59,60)36-17-15-35(16-18-36)53(57)58)32-40(54)39(29-34-13-11-10-12-14-34)51-44(56)50-27-25-45(3,4)30-38(50)37-19-20-42-47(7)23-22-43(55)46(5,6)41(47)21-24-49(42,9)48(37,8)26-28-50/h10-19,33,38-43,54-55H,20-32H2,1-9H3,(H,51,56)/t38-,39-,40+,41-,42+,43-,47-,48+,49+,50-/m0/s1. The smallest absolute Gasteiger partial charge is 0.269 e. The van der Waals surface area contributed by atoms with Gasteiger partial charge in [0, 0.05) is 25.2 Å². The molecule has 5 aliphatic carbocycles. The summed E-state index contributed by atoms with van der Waals surface area (Å²) in [6.45, 7) is 20.5. The number of aliphatic hydroxyl groups is 2. The van der Waals surface area contributed by atoms with E-state index in [1.807, 2.05) is 44.2 Å². The summed E-state index contributed by atoms with van der Waals surface area (Å²) in [6, 6.07) is 13.8. The minimum Gasteiger partial charge on any atom is -0.393 e. The van der Waals surface area contributed by atoms with E-state index in [1.54, 1.807) is 0 Å². The van der Waals surface area contributed by atoms with Crippen LogP contribution in [0.15, 0.2) is 71.1 Å². The number of nitrogens with one attached hydrogen (secondary N) is 1. The molecule has 10 nitrogen and oxygen atoms in total. The molecule has 336 valence electrons. The van der Waals surface area contributed by atoms with Gasteiger partial charge in [0.15, 0.2) is 0 Å². The van der Waals surface area contributed by atoms with Gasteiger partial charge in [-0.1, -0.05) is 104 Å². The number of aliphatic hydroxyl groups excluding tert-OH is 2. The third kappa shape index (κ3) is 7.83. The van der Waals surface area contributed by atoms with Crippen molar-refractivity contribution in [2.75, 3.05) is 13.1 Å². The van der Waals surface area contributed by atoms with E-state index in [-0.39, 0.29) is 74.6 Å². The zero-order chi connectivity index (χ0) is 44.6. The summed E-state index contributed by atoms with van der Waals surface area (Å²) < 4.78 is 29.6. The van der Waals surface area contributed by atoms with Gasteiger partial charge in [-0.15, -0.1) is 0 Å². The maximum atomic E-state index is 15.5. The number of benzene rings is 2. The van der Waals surface area contributed by atoms with Gasteiger partial charge < -0.3 is 15.5 Å². The lowest BCUT2D eigenvalue weighted by Gasteiger charge is -2.71. The van der Waals surface area contributed by atoms with Gasteiger partial charge in [0.25, 0.3) is 5.69 Å². The Balaban J connectivity index is 1.21. The molecule has 2 aromatic rings. The summed E-state index contributed by atoms with van der Waals surface area (Å²) in [5, 5.41) is 38.2. The molecule has 4 fully saturated rings. The fourth-order valence-corrected chi connectivity index (χ4v) is 15.6. The van der Waals surface area contributed by atoms with E-state index >= 15 is 4.79 Å². The number of non-ortho nitro benzene ring substituents is 1. The van der Waals surface area contributed by atoms with Crippen LogP contribution in [0.4, 0.5) is 5.69 Å². The number of hydrogen-bond acceptors (Lipinski definition) is 7. The number of rotatable bonds is 12. The first-order chi connectivity index (χ1) is 28.4. The first-order valence-electron chi connectivity index (χ1n) is 23.1. The van der Waals surface area contributed by atoms with Crippen molar-refractivity contribution in [3.8, 4) is 0 Å². The Hall–Kier alpha value is -3.12. The molecule has 0 spiro atoms. The molecule has 0 radical (unpaired) electrons. The first kappa shape index (κ1) is 45.9. The van der Waals surface area contributed by atoms with Crippen molar-refractivity contribution in [1.29, 1.82) is 0 Å². The highest BCUT2D eigenvalue weighted by Crippen LogP contribution is 2.75. The Morgan fingerprint density at radius 2 is 1.54 bits per heavy atom. The van der Waals surface area contributed by atoms with Crippen LogP contribution >= 0.6 is 0 Å². The van der Waals surface area contributed by atoms with Gasteiger partial charge >= 0.3 is 0 Å². The highest BCUT2D eigenvalue weighted by Gasteiger charge is 2.69. The van der Waals surface area contributed by atoms with Gasteiger partial charge in [0.05, 0.1) is 33.5 Å². The fourth-order valence-electron chi connectivity index (χ4n) is 14.0. The van der Waals surface area contributed by atoms with Gasteiger partial charge in [0.2, 0.25) is 15.9 Å². The SMILES string of the molecule is CC(C)CN(C[C@@H](O)[C@H](Cc1ccccc1)NC(=O)[C@]12CCC(C)(C)C[C@H]1C1=CC[C@@H]3[C@@]4(C)CC[C@H](O)C(C)(C)[C@@H]4CC[C@@]3(C)[C@]1(C)CC2)S(=O)(=O)c1ccc([N+](=O)[O-])cc1. The average Bonchev–Trinajstić information content (AvgIpc) is 3.19. The highest BCUT2D eigenvalue weighted by molar-refractivity contribution is 7.89. The lowest BCUT2D eigenvalue weighted by atomic mass is 9.33. The second-order valence-corrected chi connectivity index (χ2v) is 24.5.